The maximum absolute atomic E-state index is 12.1. The van der Waals surface area contributed by atoms with E-state index < -0.39 is 10.0 Å². The van der Waals surface area contributed by atoms with Crippen LogP contribution < -0.4 is 10.0 Å². The summed E-state index contributed by atoms with van der Waals surface area (Å²) < 4.78 is 26.7. The number of carbonyl (C=O) groups excluding carboxylic acids is 1. The lowest BCUT2D eigenvalue weighted by Crippen LogP contribution is -2.38. The van der Waals surface area contributed by atoms with Crippen molar-refractivity contribution >= 4 is 27.5 Å². The summed E-state index contributed by atoms with van der Waals surface area (Å²) in [6.45, 7) is 0.0984. The molecule has 1 aromatic rings. The van der Waals surface area contributed by atoms with Gasteiger partial charge in [0, 0.05) is 19.0 Å². The minimum Gasteiger partial charge on any atom is -0.352 e. The number of hydrogen-bond donors (Lipinski definition) is 2. The smallest absolute Gasteiger partial charge is 0.242 e. The Balaban J connectivity index is 2.14. The van der Waals surface area contributed by atoms with Gasteiger partial charge in [-0.1, -0.05) is 11.6 Å². The van der Waals surface area contributed by atoms with E-state index in [0.717, 1.165) is 0 Å². The Morgan fingerprint density at radius 2 is 2.25 bits per heavy atom. The molecule has 1 heterocycles. The molecule has 6 nitrogen and oxygen atoms in total. The van der Waals surface area contributed by atoms with E-state index in [1.807, 2.05) is 6.07 Å². The molecule has 0 bridgehead atoms. The summed E-state index contributed by atoms with van der Waals surface area (Å²) in [5, 5.41) is 11.5. The monoisotopic (exact) mass is 313 g/mol. The highest BCUT2D eigenvalue weighted by Gasteiger charge is 2.24. The zero-order valence-electron chi connectivity index (χ0n) is 10.4. The highest BCUT2D eigenvalue weighted by Crippen LogP contribution is 2.22. The molecular weight excluding hydrogens is 302 g/mol. The van der Waals surface area contributed by atoms with Gasteiger partial charge >= 0.3 is 0 Å². The number of sulfonamides is 1. The van der Waals surface area contributed by atoms with Gasteiger partial charge in [-0.05, 0) is 24.6 Å². The number of hydrogen-bond acceptors (Lipinski definition) is 4. The number of amides is 1. The molecule has 0 spiro atoms. The van der Waals surface area contributed by atoms with Gasteiger partial charge in [0.05, 0.1) is 16.7 Å². The largest absolute Gasteiger partial charge is 0.352 e. The predicted molar refractivity (Wildman–Crippen MR) is 72.5 cm³/mol. The third kappa shape index (κ3) is 3.28. The number of nitriles is 1. The third-order valence-corrected chi connectivity index (χ3v) is 4.86. The van der Waals surface area contributed by atoms with Gasteiger partial charge in [-0.25, -0.2) is 13.1 Å². The number of benzene rings is 1. The average Bonchev–Trinajstić information content (AvgIpc) is 2.83. The van der Waals surface area contributed by atoms with Crippen molar-refractivity contribution in [3.63, 3.8) is 0 Å². The summed E-state index contributed by atoms with van der Waals surface area (Å²) in [4.78, 5) is 10.9. The van der Waals surface area contributed by atoms with Crippen molar-refractivity contribution in [2.24, 2.45) is 0 Å². The van der Waals surface area contributed by atoms with Crippen LogP contribution in [0.1, 0.15) is 18.4 Å². The van der Waals surface area contributed by atoms with Crippen LogP contribution in [0.25, 0.3) is 0 Å². The first-order chi connectivity index (χ1) is 9.42. The molecule has 1 atom stereocenters. The highest BCUT2D eigenvalue weighted by atomic mass is 35.5. The number of nitrogens with zero attached hydrogens (tertiary/aromatic N) is 1. The maximum atomic E-state index is 12.1. The maximum Gasteiger partial charge on any atom is 0.242 e. The van der Waals surface area contributed by atoms with Crippen LogP contribution in [0.2, 0.25) is 5.02 Å². The predicted octanol–water partition coefficient (Wildman–Crippen LogP) is 0.769. The molecule has 0 radical (unpaired) electrons. The lowest BCUT2D eigenvalue weighted by Gasteiger charge is -2.12. The first kappa shape index (κ1) is 14.8. The first-order valence-electron chi connectivity index (χ1n) is 5.91. The van der Waals surface area contributed by atoms with E-state index in [1.165, 1.54) is 18.2 Å². The van der Waals surface area contributed by atoms with Crippen LogP contribution in [-0.2, 0) is 14.8 Å². The molecule has 20 heavy (non-hydrogen) atoms. The van der Waals surface area contributed by atoms with Crippen LogP contribution in [0.4, 0.5) is 0 Å². The van der Waals surface area contributed by atoms with Gasteiger partial charge in [0.15, 0.2) is 0 Å². The molecule has 0 aromatic heterocycles. The minimum atomic E-state index is -3.81. The summed E-state index contributed by atoms with van der Waals surface area (Å²) >= 11 is 5.86. The van der Waals surface area contributed by atoms with Gasteiger partial charge in [-0.3, -0.25) is 4.79 Å². The molecule has 1 unspecified atom stereocenters. The molecule has 1 fully saturated rings. The summed E-state index contributed by atoms with van der Waals surface area (Å²) in [6.07, 6.45) is 0.990. The van der Waals surface area contributed by atoms with Crippen LogP contribution in [0.15, 0.2) is 23.1 Å². The third-order valence-electron chi connectivity index (χ3n) is 2.95. The van der Waals surface area contributed by atoms with E-state index >= 15 is 0 Å². The van der Waals surface area contributed by atoms with Crippen molar-refractivity contribution in [1.29, 1.82) is 5.26 Å². The van der Waals surface area contributed by atoms with Crippen LogP contribution in [0, 0.1) is 11.3 Å². The summed E-state index contributed by atoms with van der Waals surface area (Å²) in [7, 11) is -3.81. The molecule has 0 saturated carbocycles. The summed E-state index contributed by atoms with van der Waals surface area (Å²) in [5.41, 5.74) is 0.212. The molecule has 2 N–H and O–H groups in total. The second-order valence-electron chi connectivity index (χ2n) is 4.41. The Morgan fingerprint density at radius 3 is 2.85 bits per heavy atom. The van der Waals surface area contributed by atoms with Crippen molar-refractivity contribution < 1.29 is 13.2 Å². The molecule has 2 rings (SSSR count). The highest BCUT2D eigenvalue weighted by molar-refractivity contribution is 7.89. The second kappa shape index (κ2) is 5.79. The van der Waals surface area contributed by atoms with Gasteiger partial charge in [0.1, 0.15) is 4.90 Å². The van der Waals surface area contributed by atoms with E-state index in [4.69, 9.17) is 16.9 Å². The zero-order chi connectivity index (χ0) is 14.8. The quantitative estimate of drug-likeness (QED) is 0.857. The second-order valence-corrected chi connectivity index (χ2v) is 6.55. The van der Waals surface area contributed by atoms with Crippen molar-refractivity contribution in [3.8, 4) is 6.07 Å². The van der Waals surface area contributed by atoms with Crippen molar-refractivity contribution in [1.82, 2.24) is 10.0 Å². The van der Waals surface area contributed by atoms with Crippen molar-refractivity contribution in [2.45, 2.75) is 23.8 Å². The van der Waals surface area contributed by atoms with Crippen LogP contribution >= 0.6 is 11.6 Å². The molecule has 1 saturated heterocycles. The molecule has 106 valence electrons. The summed E-state index contributed by atoms with van der Waals surface area (Å²) in [6, 6.07) is 5.68. The average molecular weight is 314 g/mol. The first-order valence-corrected chi connectivity index (χ1v) is 7.77. The molecule has 1 aliphatic rings. The zero-order valence-corrected chi connectivity index (χ0v) is 12.0. The lowest BCUT2D eigenvalue weighted by atomic mass is 10.2. The fourth-order valence-electron chi connectivity index (χ4n) is 1.90. The van der Waals surface area contributed by atoms with Crippen LogP contribution in [0.3, 0.4) is 0 Å². The van der Waals surface area contributed by atoms with Gasteiger partial charge in [-0.15, -0.1) is 0 Å². The fraction of sp³-hybridized carbons (Fsp3) is 0.333. The Bertz CT molecular complexity index is 682. The van der Waals surface area contributed by atoms with Gasteiger partial charge < -0.3 is 5.32 Å². The minimum absolute atomic E-state index is 0.0481. The fourth-order valence-corrected chi connectivity index (χ4v) is 3.50. The number of carbonyl (C=O) groups is 1. The Kier molecular flexibility index (Phi) is 4.28. The standard InChI is InChI=1S/C12H12ClN3O3S/c13-10-3-1-8(6-14)5-11(10)20(18,19)15-7-9-2-4-12(17)16-9/h1,3,5,9,15H,2,4,7H2,(H,16,17). The van der Waals surface area contributed by atoms with Crippen molar-refractivity contribution in [3.05, 3.63) is 28.8 Å². The SMILES string of the molecule is N#Cc1ccc(Cl)c(S(=O)(=O)NCC2CCC(=O)N2)c1. The molecular formula is C12H12ClN3O3S. The Morgan fingerprint density at radius 1 is 1.50 bits per heavy atom. The van der Waals surface area contributed by atoms with Crippen LogP contribution in [-0.4, -0.2) is 26.9 Å². The van der Waals surface area contributed by atoms with Crippen LogP contribution in [0.5, 0.6) is 0 Å². The normalized spacial score (nSPS) is 18.6. The van der Waals surface area contributed by atoms with Crippen molar-refractivity contribution in [2.75, 3.05) is 6.54 Å². The number of halogens is 1. The van der Waals surface area contributed by atoms with E-state index in [9.17, 15) is 13.2 Å². The van der Waals surface area contributed by atoms with Gasteiger partial charge in [0.25, 0.3) is 0 Å². The van der Waals surface area contributed by atoms with Gasteiger partial charge in [0.2, 0.25) is 15.9 Å². The Hall–Kier alpha value is -1.62. The van der Waals surface area contributed by atoms with Gasteiger partial charge in [-0.2, -0.15) is 5.26 Å². The van der Waals surface area contributed by atoms with E-state index in [0.29, 0.717) is 12.8 Å². The van der Waals surface area contributed by atoms with E-state index in [2.05, 4.69) is 10.0 Å². The number of nitrogens with one attached hydrogen (secondary N) is 2. The molecule has 1 amide bonds. The lowest BCUT2D eigenvalue weighted by molar-refractivity contribution is -0.119. The topological polar surface area (TPSA) is 99.1 Å². The molecule has 1 aromatic carbocycles. The van der Waals surface area contributed by atoms with E-state index in [1.54, 1.807) is 0 Å². The molecule has 0 aliphatic carbocycles. The molecule has 1 aliphatic heterocycles. The summed E-state index contributed by atoms with van der Waals surface area (Å²) in [5.74, 6) is -0.0845. The number of rotatable bonds is 4. The van der Waals surface area contributed by atoms with E-state index in [-0.39, 0.29) is 34.0 Å². The molecule has 8 heteroatoms. The Labute approximate surface area is 121 Å².